The normalized spacial score (nSPS) is 10.6. The SMILES string of the molecule is O=C(O)COc1c(I)cc(/C=N/NC(=O)Cc2ccccc2[N+](=O)[O-])cc1I. The zero-order chi connectivity index (χ0) is 20.7. The fourth-order valence-electron chi connectivity index (χ4n) is 2.16. The van der Waals surface area contributed by atoms with Gasteiger partial charge in [0.1, 0.15) is 5.75 Å². The van der Waals surface area contributed by atoms with Crippen molar-refractivity contribution in [3.8, 4) is 5.75 Å². The molecule has 0 fully saturated rings. The van der Waals surface area contributed by atoms with E-state index in [0.717, 1.165) is 0 Å². The monoisotopic (exact) mass is 609 g/mol. The van der Waals surface area contributed by atoms with Crippen LogP contribution in [0.25, 0.3) is 0 Å². The van der Waals surface area contributed by atoms with Gasteiger partial charge in [0, 0.05) is 11.6 Å². The maximum absolute atomic E-state index is 12.0. The van der Waals surface area contributed by atoms with Gasteiger partial charge in [0.2, 0.25) is 5.91 Å². The number of aliphatic carboxylic acids is 1. The molecule has 2 rings (SSSR count). The Kier molecular flexibility index (Phi) is 8.10. The number of rotatable bonds is 8. The zero-order valence-corrected chi connectivity index (χ0v) is 18.4. The van der Waals surface area contributed by atoms with Crippen LogP contribution in [0.15, 0.2) is 41.5 Å². The van der Waals surface area contributed by atoms with Gasteiger partial charge in [-0.05, 0) is 62.9 Å². The number of halogens is 2. The number of amides is 1. The second-order valence-electron chi connectivity index (χ2n) is 5.35. The molecule has 0 aliphatic carbocycles. The lowest BCUT2D eigenvalue weighted by molar-refractivity contribution is -0.385. The first kappa shape index (κ1) is 22.0. The Hall–Kier alpha value is -2.29. The molecule has 0 radical (unpaired) electrons. The molecule has 0 aliphatic rings. The highest BCUT2D eigenvalue weighted by atomic mass is 127. The summed E-state index contributed by atoms with van der Waals surface area (Å²) in [7, 11) is 0. The summed E-state index contributed by atoms with van der Waals surface area (Å²) < 4.78 is 6.63. The molecule has 0 saturated carbocycles. The van der Waals surface area contributed by atoms with E-state index in [-0.39, 0.29) is 12.1 Å². The lowest BCUT2D eigenvalue weighted by atomic mass is 10.1. The molecule has 2 aromatic rings. The molecule has 0 heterocycles. The van der Waals surface area contributed by atoms with Gasteiger partial charge in [-0.15, -0.1) is 0 Å². The van der Waals surface area contributed by atoms with E-state index in [9.17, 15) is 19.7 Å². The van der Waals surface area contributed by atoms with Crippen LogP contribution in [0.4, 0.5) is 5.69 Å². The first-order valence-corrected chi connectivity index (χ1v) is 9.81. The number of nitrogens with zero attached hydrogens (tertiary/aromatic N) is 2. The van der Waals surface area contributed by atoms with Crippen LogP contribution in [0.1, 0.15) is 11.1 Å². The number of carboxylic acid groups (broad SMARTS) is 1. The number of para-hydroxylation sites is 1. The van der Waals surface area contributed by atoms with Gasteiger partial charge in [-0.25, -0.2) is 10.2 Å². The Morgan fingerprint density at radius 2 is 1.89 bits per heavy atom. The third-order valence-electron chi connectivity index (χ3n) is 3.30. The fourth-order valence-corrected chi connectivity index (χ4v) is 4.28. The first-order chi connectivity index (χ1) is 13.3. The van der Waals surface area contributed by atoms with E-state index in [1.165, 1.54) is 24.4 Å². The van der Waals surface area contributed by atoms with Gasteiger partial charge in [0.25, 0.3) is 5.69 Å². The van der Waals surface area contributed by atoms with Gasteiger partial charge in [-0.2, -0.15) is 5.10 Å². The molecule has 1 amide bonds. The van der Waals surface area contributed by atoms with Crippen molar-refractivity contribution in [3.63, 3.8) is 0 Å². The van der Waals surface area contributed by atoms with Crippen molar-refractivity contribution < 1.29 is 24.4 Å². The molecular weight excluding hydrogens is 596 g/mol. The molecule has 146 valence electrons. The maximum atomic E-state index is 12.0. The molecule has 2 N–H and O–H groups in total. The summed E-state index contributed by atoms with van der Waals surface area (Å²) >= 11 is 4.03. The molecule has 0 bridgehead atoms. The summed E-state index contributed by atoms with van der Waals surface area (Å²) in [5, 5.41) is 23.5. The van der Waals surface area contributed by atoms with Crippen LogP contribution < -0.4 is 10.2 Å². The van der Waals surface area contributed by atoms with Gasteiger partial charge < -0.3 is 9.84 Å². The van der Waals surface area contributed by atoms with E-state index >= 15 is 0 Å². The number of hydrogen-bond acceptors (Lipinski definition) is 6. The second kappa shape index (κ2) is 10.3. The van der Waals surface area contributed by atoms with E-state index in [2.05, 4.69) is 10.5 Å². The highest BCUT2D eigenvalue weighted by Crippen LogP contribution is 2.28. The molecule has 0 aliphatic heterocycles. The number of nitro benzene ring substituents is 1. The van der Waals surface area contributed by atoms with Gasteiger partial charge >= 0.3 is 5.97 Å². The maximum Gasteiger partial charge on any atom is 0.341 e. The number of carboxylic acids is 1. The smallest absolute Gasteiger partial charge is 0.341 e. The van der Waals surface area contributed by atoms with Crippen LogP contribution in [0, 0.1) is 17.3 Å². The quantitative estimate of drug-likeness (QED) is 0.205. The predicted molar refractivity (Wildman–Crippen MR) is 118 cm³/mol. The fraction of sp³-hybridized carbons (Fsp3) is 0.118. The van der Waals surface area contributed by atoms with Crippen LogP contribution in [-0.4, -0.2) is 34.7 Å². The number of hydrazone groups is 1. The van der Waals surface area contributed by atoms with Crippen molar-refractivity contribution in [1.82, 2.24) is 5.43 Å². The lowest BCUT2D eigenvalue weighted by Gasteiger charge is -2.09. The first-order valence-electron chi connectivity index (χ1n) is 7.65. The van der Waals surface area contributed by atoms with E-state index in [4.69, 9.17) is 9.84 Å². The molecule has 2 aromatic carbocycles. The number of nitro groups is 1. The van der Waals surface area contributed by atoms with E-state index in [0.29, 0.717) is 24.0 Å². The van der Waals surface area contributed by atoms with Crippen molar-refractivity contribution in [2.75, 3.05) is 6.61 Å². The number of carbonyl (C=O) groups excluding carboxylic acids is 1. The molecular formula is C17H13I2N3O6. The molecule has 0 unspecified atom stereocenters. The van der Waals surface area contributed by atoms with E-state index in [1.807, 2.05) is 45.2 Å². The summed E-state index contributed by atoms with van der Waals surface area (Å²) in [4.78, 5) is 33.1. The minimum atomic E-state index is -1.07. The molecule has 28 heavy (non-hydrogen) atoms. The van der Waals surface area contributed by atoms with Crippen LogP contribution in [0.5, 0.6) is 5.75 Å². The molecule has 0 aromatic heterocycles. The van der Waals surface area contributed by atoms with Crippen molar-refractivity contribution in [1.29, 1.82) is 0 Å². The molecule has 11 heteroatoms. The Balaban J connectivity index is 2.02. The minimum Gasteiger partial charge on any atom is -0.480 e. The van der Waals surface area contributed by atoms with Crippen LogP contribution in [-0.2, 0) is 16.0 Å². The van der Waals surface area contributed by atoms with Crippen molar-refractivity contribution in [2.24, 2.45) is 5.10 Å². The van der Waals surface area contributed by atoms with Crippen molar-refractivity contribution >= 4 is 69.0 Å². The highest BCUT2D eigenvalue weighted by molar-refractivity contribution is 14.1. The van der Waals surface area contributed by atoms with Crippen LogP contribution in [0.2, 0.25) is 0 Å². The third kappa shape index (κ3) is 6.40. The minimum absolute atomic E-state index is 0.123. The number of benzene rings is 2. The number of hydrogen-bond donors (Lipinski definition) is 2. The second-order valence-corrected chi connectivity index (χ2v) is 7.68. The van der Waals surface area contributed by atoms with Crippen LogP contribution in [0.3, 0.4) is 0 Å². The van der Waals surface area contributed by atoms with Crippen molar-refractivity contribution in [3.05, 3.63) is 64.8 Å². The molecule has 0 spiro atoms. The predicted octanol–water partition coefficient (Wildman–Crippen LogP) is 2.96. The zero-order valence-electron chi connectivity index (χ0n) is 14.1. The van der Waals surface area contributed by atoms with E-state index < -0.39 is 23.4 Å². The Morgan fingerprint density at radius 1 is 1.25 bits per heavy atom. The van der Waals surface area contributed by atoms with Gasteiger partial charge in [0.15, 0.2) is 6.61 Å². The summed E-state index contributed by atoms with van der Waals surface area (Å²) in [6.45, 7) is -0.443. The highest BCUT2D eigenvalue weighted by Gasteiger charge is 2.15. The van der Waals surface area contributed by atoms with Crippen LogP contribution >= 0.6 is 45.2 Å². The Bertz CT molecular complexity index is 925. The lowest BCUT2D eigenvalue weighted by Crippen LogP contribution is -2.20. The summed E-state index contributed by atoms with van der Waals surface area (Å²) in [6, 6.07) is 9.45. The van der Waals surface area contributed by atoms with E-state index in [1.54, 1.807) is 18.2 Å². The largest absolute Gasteiger partial charge is 0.480 e. The molecule has 0 saturated heterocycles. The number of ether oxygens (including phenoxy) is 1. The third-order valence-corrected chi connectivity index (χ3v) is 4.91. The number of nitrogens with one attached hydrogen (secondary N) is 1. The van der Waals surface area contributed by atoms with Gasteiger partial charge in [0.05, 0.1) is 24.7 Å². The number of carbonyl (C=O) groups is 2. The van der Waals surface area contributed by atoms with Gasteiger partial charge in [-0.1, -0.05) is 18.2 Å². The van der Waals surface area contributed by atoms with Gasteiger partial charge in [-0.3, -0.25) is 14.9 Å². The average Bonchev–Trinajstić information content (AvgIpc) is 2.61. The Labute approximate surface area is 186 Å². The van der Waals surface area contributed by atoms with Crippen molar-refractivity contribution in [2.45, 2.75) is 6.42 Å². The summed E-state index contributed by atoms with van der Waals surface area (Å²) in [6.07, 6.45) is 1.24. The topological polar surface area (TPSA) is 131 Å². The summed E-state index contributed by atoms with van der Waals surface area (Å²) in [5.41, 5.74) is 3.18. The molecule has 9 nitrogen and oxygen atoms in total. The Morgan fingerprint density at radius 3 is 2.50 bits per heavy atom. The average molecular weight is 609 g/mol. The summed E-state index contributed by atoms with van der Waals surface area (Å²) in [5.74, 6) is -1.10. The molecule has 0 atom stereocenters. The standard InChI is InChI=1S/C17H13I2N3O6/c18-12-5-10(6-13(19)17(12)28-9-16(24)25)8-20-21-15(23)7-11-3-1-2-4-14(11)22(26)27/h1-6,8H,7,9H2,(H,21,23)(H,24,25)/b20-8+.